The van der Waals surface area contributed by atoms with Crippen molar-refractivity contribution in [3.8, 4) is 5.75 Å². The maximum absolute atomic E-state index is 12.7. The average Bonchev–Trinajstić information content (AvgIpc) is 2.63. The summed E-state index contributed by atoms with van der Waals surface area (Å²) in [6.45, 7) is 6.95. The fourth-order valence-corrected chi connectivity index (χ4v) is 3.62. The van der Waals surface area contributed by atoms with Crippen LogP contribution in [0.2, 0.25) is 0 Å². The van der Waals surface area contributed by atoms with Crippen LogP contribution >= 0.6 is 12.2 Å². The number of hydrogen-bond donors (Lipinski definition) is 2. The number of hydrogen-bond acceptors (Lipinski definition) is 6. The average molecular weight is 409 g/mol. The topological polar surface area (TPSA) is 71.0 Å². The predicted octanol–water partition coefficient (Wildman–Crippen LogP) is 2.70. The number of benzene rings is 1. The van der Waals surface area contributed by atoms with Gasteiger partial charge in [-0.15, -0.1) is 0 Å². The number of nitrogens with one attached hydrogen (secondary N) is 1. The second-order valence-electron chi connectivity index (χ2n) is 7.58. The summed E-state index contributed by atoms with van der Waals surface area (Å²) in [4.78, 5) is 14.7. The van der Waals surface area contributed by atoms with Gasteiger partial charge in [0.15, 0.2) is 5.05 Å². The number of amides is 1. The van der Waals surface area contributed by atoms with Crippen molar-refractivity contribution >= 4 is 28.9 Å². The first kappa shape index (κ1) is 22.4. The van der Waals surface area contributed by atoms with Gasteiger partial charge in [-0.2, -0.15) is 0 Å². The van der Waals surface area contributed by atoms with Crippen LogP contribution in [0.25, 0.3) is 0 Å². The molecule has 2 unspecified atom stereocenters. The maximum Gasteiger partial charge on any atom is 0.243 e. The zero-order valence-corrected chi connectivity index (χ0v) is 18.1. The molecule has 1 heterocycles. The second kappa shape index (κ2) is 10.6. The first-order valence-corrected chi connectivity index (χ1v) is 10.3. The second-order valence-corrected chi connectivity index (χ2v) is 8.15. The van der Waals surface area contributed by atoms with Gasteiger partial charge < -0.3 is 24.8 Å². The van der Waals surface area contributed by atoms with Crippen molar-refractivity contribution in [3.63, 3.8) is 0 Å². The number of nitrogens with zero attached hydrogens (tertiary/aromatic N) is 1. The molecule has 0 fully saturated rings. The molecule has 0 radical (unpaired) electrons. The number of likely N-dealkylation sites (N-methyl/N-ethyl adjacent to an activating group) is 1. The Morgan fingerprint density at radius 3 is 2.71 bits per heavy atom. The lowest BCUT2D eigenvalue weighted by Gasteiger charge is -2.37. The number of anilines is 1. The fourth-order valence-electron chi connectivity index (χ4n) is 3.53. The molecule has 156 valence electrons. The van der Waals surface area contributed by atoms with Gasteiger partial charge in [0.05, 0.1) is 25.9 Å². The molecule has 1 aliphatic heterocycles. The third-order valence-electron chi connectivity index (χ3n) is 4.90. The van der Waals surface area contributed by atoms with E-state index in [1.807, 2.05) is 44.0 Å². The van der Waals surface area contributed by atoms with Crippen molar-refractivity contribution in [1.82, 2.24) is 5.32 Å². The first-order valence-electron chi connectivity index (χ1n) is 9.86. The number of carbonyl (C=O) groups is 1. The van der Waals surface area contributed by atoms with Crippen molar-refractivity contribution in [2.24, 2.45) is 5.92 Å². The summed E-state index contributed by atoms with van der Waals surface area (Å²) in [6, 6.07) is 5.38. The largest absolute Gasteiger partial charge is 0.494 e. The highest BCUT2D eigenvalue weighted by Crippen LogP contribution is 2.31. The number of fused-ring (bicyclic) bond motifs is 1. The Labute approximate surface area is 173 Å². The van der Waals surface area contributed by atoms with E-state index in [1.165, 1.54) is 0 Å². The lowest BCUT2D eigenvalue weighted by molar-refractivity contribution is -0.124. The summed E-state index contributed by atoms with van der Waals surface area (Å²) < 4.78 is 11.2. The van der Waals surface area contributed by atoms with E-state index in [2.05, 4.69) is 5.32 Å². The van der Waals surface area contributed by atoms with Gasteiger partial charge in [-0.05, 0) is 49.0 Å². The van der Waals surface area contributed by atoms with Crippen molar-refractivity contribution in [2.45, 2.75) is 52.1 Å². The Balaban J connectivity index is 2.11. The standard InChI is InChI=1S/C21H32N2O4S/c1-14(2)20-21(25)22-17(13-24)11-16-7-8-18(12-19(16)23(20)4)27-10-6-5-9-26-15(3)28/h7-8,12,14,17,20,24H,5-6,9-11,13H2,1-4H3,(H,22,25). The van der Waals surface area contributed by atoms with E-state index in [1.54, 1.807) is 6.92 Å². The van der Waals surface area contributed by atoms with E-state index in [-0.39, 0.29) is 30.5 Å². The molecule has 28 heavy (non-hydrogen) atoms. The Kier molecular flexibility index (Phi) is 8.51. The minimum atomic E-state index is -0.307. The molecule has 0 aliphatic carbocycles. The highest BCUT2D eigenvalue weighted by Gasteiger charge is 2.32. The number of thiocarbonyl (C=S) groups is 1. The molecule has 0 bridgehead atoms. The Bertz CT molecular complexity index is 680. The zero-order valence-electron chi connectivity index (χ0n) is 17.2. The van der Waals surface area contributed by atoms with Gasteiger partial charge in [0.25, 0.3) is 0 Å². The first-order chi connectivity index (χ1) is 13.3. The van der Waals surface area contributed by atoms with Gasteiger partial charge in [-0.3, -0.25) is 4.79 Å². The molecule has 1 amide bonds. The minimum Gasteiger partial charge on any atom is -0.494 e. The van der Waals surface area contributed by atoms with Crippen molar-refractivity contribution in [3.05, 3.63) is 23.8 Å². The lowest BCUT2D eigenvalue weighted by atomic mass is 9.95. The smallest absolute Gasteiger partial charge is 0.243 e. The summed E-state index contributed by atoms with van der Waals surface area (Å²) in [6.07, 6.45) is 2.34. The summed E-state index contributed by atoms with van der Waals surface area (Å²) in [5, 5.41) is 13.2. The van der Waals surface area contributed by atoms with Gasteiger partial charge in [0.2, 0.25) is 5.91 Å². The van der Waals surface area contributed by atoms with Crippen LogP contribution in [0.5, 0.6) is 5.75 Å². The van der Waals surface area contributed by atoms with Crippen LogP contribution in [0.15, 0.2) is 18.2 Å². The van der Waals surface area contributed by atoms with Gasteiger partial charge in [0.1, 0.15) is 11.8 Å². The van der Waals surface area contributed by atoms with E-state index in [4.69, 9.17) is 21.7 Å². The molecule has 1 aromatic rings. The number of unbranched alkanes of at least 4 members (excludes halogenated alkanes) is 1. The molecular formula is C21H32N2O4S. The van der Waals surface area contributed by atoms with Crippen molar-refractivity contribution in [1.29, 1.82) is 0 Å². The van der Waals surface area contributed by atoms with Crippen LogP contribution in [0.1, 0.15) is 39.2 Å². The normalized spacial score (nSPS) is 19.5. The van der Waals surface area contributed by atoms with E-state index in [0.717, 1.165) is 29.8 Å². The molecule has 0 spiro atoms. The molecule has 1 aliphatic rings. The third kappa shape index (κ3) is 6.07. The zero-order chi connectivity index (χ0) is 20.7. The van der Waals surface area contributed by atoms with Crippen LogP contribution in [0, 0.1) is 5.92 Å². The molecule has 2 rings (SSSR count). The number of rotatable bonds is 8. The lowest BCUT2D eigenvalue weighted by Crippen LogP contribution is -2.54. The quantitative estimate of drug-likeness (QED) is 0.509. The summed E-state index contributed by atoms with van der Waals surface area (Å²) >= 11 is 4.89. The van der Waals surface area contributed by atoms with Gasteiger partial charge in [0, 0.05) is 25.7 Å². The number of carbonyl (C=O) groups excluding carboxylic acids is 1. The summed E-state index contributed by atoms with van der Waals surface area (Å²) in [7, 11) is 1.94. The predicted molar refractivity (Wildman–Crippen MR) is 115 cm³/mol. The number of ether oxygens (including phenoxy) is 2. The van der Waals surface area contributed by atoms with Gasteiger partial charge in [-0.1, -0.05) is 19.9 Å². The van der Waals surface area contributed by atoms with Gasteiger partial charge in [-0.25, -0.2) is 0 Å². The molecule has 6 nitrogen and oxygen atoms in total. The van der Waals surface area contributed by atoms with Gasteiger partial charge >= 0.3 is 0 Å². The van der Waals surface area contributed by atoms with E-state index in [0.29, 0.717) is 24.7 Å². The molecular weight excluding hydrogens is 376 g/mol. The Morgan fingerprint density at radius 1 is 1.36 bits per heavy atom. The molecule has 7 heteroatoms. The molecule has 2 N–H and O–H groups in total. The van der Waals surface area contributed by atoms with E-state index in [9.17, 15) is 9.90 Å². The highest BCUT2D eigenvalue weighted by molar-refractivity contribution is 7.80. The molecule has 0 saturated carbocycles. The minimum absolute atomic E-state index is 0.0534. The van der Waals surface area contributed by atoms with E-state index >= 15 is 0 Å². The monoisotopic (exact) mass is 408 g/mol. The van der Waals surface area contributed by atoms with Crippen LogP contribution in [0.3, 0.4) is 0 Å². The molecule has 2 atom stereocenters. The summed E-state index contributed by atoms with van der Waals surface area (Å²) in [5.41, 5.74) is 2.06. The number of aliphatic hydroxyl groups is 1. The third-order valence-corrected chi connectivity index (χ3v) is 5.02. The summed E-state index contributed by atoms with van der Waals surface area (Å²) in [5.74, 6) is 0.855. The van der Waals surface area contributed by atoms with Crippen LogP contribution in [-0.2, 0) is 16.0 Å². The molecule has 0 saturated heterocycles. The number of aliphatic hydroxyl groups excluding tert-OH is 1. The van der Waals surface area contributed by atoms with Crippen LogP contribution in [-0.4, -0.2) is 55.0 Å². The van der Waals surface area contributed by atoms with Crippen molar-refractivity contribution in [2.75, 3.05) is 31.8 Å². The Hall–Kier alpha value is -1.86. The van der Waals surface area contributed by atoms with Crippen LogP contribution < -0.4 is 15.0 Å². The highest BCUT2D eigenvalue weighted by atomic mass is 32.1. The van der Waals surface area contributed by atoms with E-state index < -0.39 is 0 Å². The SMILES string of the molecule is CC(=S)OCCCCOc1ccc2c(c1)N(C)C(C(C)C)C(=O)NC(CO)C2. The molecule has 0 aromatic heterocycles. The fraction of sp³-hybridized carbons (Fsp3) is 0.619. The Morgan fingerprint density at radius 2 is 2.07 bits per heavy atom. The molecule has 1 aromatic carbocycles. The maximum atomic E-state index is 12.7. The van der Waals surface area contributed by atoms with Crippen LogP contribution in [0.4, 0.5) is 5.69 Å². The van der Waals surface area contributed by atoms with Crippen molar-refractivity contribution < 1.29 is 19.4 Å².